The molecule has 0 radical (unpaired) electrons. The molecule has 0 aliphatic rings. The van der Waals surface area contributed by atoms with Gasteiger partial charge in [0.1, 0.15) is 11.6 Å². The molecule has 0 heterocycles. The summed E-state index contributed by atoms with van der Waals surface area (Å²) >= 11 is 0. The summed E-state index contributed by atoms with van der Waals surface area (Å²) in [4.78, 5) is 10.3. The molecule has 2 N–H and O–H groups in total. The van der Waals surface area contributed by atoms with Crippen LogP contribution in [0.2, 0.25) is 0 Å². The fraction of sp³-hybridized carbons (Fsp3) is 0.125. The van der Waals surface area contributed by atoms with Crippen molar-refractivity contribution in [1.29, 1.82) is 0 Å². The van der Waals surface area contributed by atoms with Gasteiger partial charge in [-0.05, 0) is 12.1 Å². The Bertz CT molecular complexity index is 312. The van der Waals surface area contributed by atoms with E-state index in [4.69, 9.17) is 10.5 Å². The number of ether oxygens (including phenoxy) is 1. The summed E-state index contributed by atoms with van der Waals surface area (Å²) in [7, 11) is 1.40. The summed E-state index contributed by atoms with van der Waals surface area (Å²) in [5.74, 6) is -0.332. The van der Waals surface area contributed by atoms with Crippen molar-refractivity contribution in [3.63, 3.8) is 0 Å². The molecule has 0 aliphatic heterocycles. The zero-order valence-corrected chi connectivity index (χ0v) is 6.50. The highest BCUT2D eigenvalue weighted by Gasteiger charge is 2.09. The van der Waals surface area contributed by atoms with Crippen molar-refractivity contribution in [2.75, 3.05) is 12.8 Å². The molecule has 0 saturated heterocycles. The average Bonchev–Trinajstić information content (AvgIpc) is 2.06. The van der Waals surface area contributed by atoms with Crippen molar-refractivity contribution < 1.29 is 13.9 Å². The van der Waals surface area contributed by atoms with Gasteiger partial charge in [-0.15, -0.1) is 0 Å². The molecule has 3 nitrogen and oxygen atoms in total. The first-order valence-electron chi connectivity index (χ1n) is 3.28. The second kappa shape index (κ2) is 3.21. The van der Waals surface area contributed by atoms with E-state index < -0.39 is 5.82 Å². The lowest BCUT2D eigenvalue weighted by Crippen LogP contribution is -1.99. The molecule has 64 valence electrons. The van der Waals surface area contributed by atoms with Crippen molar-refractivity contribution in [2.45, 2.75) is 0 Å². The van der Waals surface area contributed by atoms with Crippen LogP contribution < -0.4 is 10.5 Å². The largest absolute Gasteiger partial charge is 0.495 e. The third-order valence-electron chi connectivity index (χ3n) is 1.53. The SMILES string of the molecule is COc1ccc(F)c(C=O)c1N. The number of nitrogen functional groups attached to an aromatic ring is 1. The normalized spacial score (nSPS) is 9.50. The lowest BCUT2D eigenvalue weighted by atomic mass is 10.2. The summed E-state index contributed by atoms with van der Waals surface area (Å²) in [5.41, 5.74) is 5.29. The summed E-state index contributed by atoms with van der Waals surface area (Å²) in [6.07, 6.45) is 0.368. The van der Waals surface area contributed by atoms with Crippen molar-refractivity contribution in [3.8, 4) is 5.75 Å². The van der Waals surface area contributed by atoms with Gasteiger partial charge in [0.2, 0.25) is 0 Å². The molecule has 0 aliphatic carbocycles. The number of hydrogen-bond donors (Lipinski definition) is 1. The van der Waals surface area contributed by atoms with Crippen molar-refractivity contribution >= 4 is 12.0 Å². The maximum atomic E-state index is 12.8. The molecule has 0 fully saturated rings. The van der Waals surface area contributed by atoms with Gasteiger partial charge < -0.3 is 10.5 Å². The second-order valence-corrected chi connectivity index (χ2v) is 2.19. The molecule has 0 atom stereocenters. The standard InChI is InChI=1S/C8H8FNO2/c1-12-7-3-2-6(9)5(4-11)8(7)10/h2-4H,10H2,1H3. The molecule has 0 spiro atoms. The van der Waals surface area contributed by atoms with E-state index in [2.05, 4.69) is 0 Å². The fourth-order valence-corrected chi connectivity index (χ4v) is 0.888. The number of methoxy groups -OCH3 is 1. The highest BCUT2D eigenvalue weighted by atomic mass is 19.1. The molecule has 1 rings (SSSR count). The Morgan fingerprint density at radius 3 is 2.75 bits per heavy atom. The van der Waals surface area contributed by atoms with E-state index in [0.717, 1.165) is 6.07 Å². The minimum absolute atomic E-state index is 0.0347. The Balaban J connectivity index is 3.33. The molecule has 1 aromatic carbocycles. The van der Waals surface area contributed by atoms with E-state index in [1.165, 1.54) is 13.2 Å². The molecular formula is C8H8FNO2. The van der Waals surface area contributed by atoms with E-state index in [-0.39, 0.29) is 11.3 Å². The average molecular weight is 169 g/mol. The van der Waals surface area contributed by atoms with Crippen LogP contribution in [0.4, 0.5) is 10.1 Å². The van der Waals surface area contributed by atoms with E-state index in [0.29, 0.717) is 12.0 Å². The molecule has 12 heavy (non-hydrogen) atoms. The number of aldehydes is 1. The summed E-state index contributed by atoms with van der Waals surface area (Å²) in [6.45, 7) is 0. The van der Waals surface area contributed by atoms with Gasteiger partial charge >= 0.3 is 0 Å². The van der Waals surface area contributed by atoms with Gasteiger partial charge in [0.15, 0.2) is 6.29 Å². The van der Waals surface area contributed by atoms with Crippen LogP contribution in [-0.4, -0.2) is 13.4 Å². The first-order valence-corrected chi connectivity index (χ1v) is 3.28. The molecular weight excluding hydrogens is 161 g/mol. The summed E-state index contributed by atoms with van der Waals surface area (Å²) in [5, 5.41) is 0. The molecule has 0 bridgehead atoms. The van der Waals surface area contributed by atoms with Crippen LogP contribution in [-0.2, 0) is 0 Å². The van der Waals surface area contributed by atoms with Crippen LogP contribution in [0.3, 0.4) is 0 Å². The van der Waals surface area contributed by atoms with Crippen molar-refractivity contribution in [2.24, 2.45) is 0 Å². The number of carbonyl (C=O) groups excluding carboxylic acids is 1. The van der Waals surface area contributed by atoms with Crippen molar-refractivity contribution in [1.82, 2.24) is 0 Å². The zero-order chi connectivity index (χ0) is 9.14. The molecule has 0 saturated carbocycles. The Kier molecular flexibility index (Phi) is 2.28. The van der Waals surface area contributed by atoms with Gasteiger partial charge in [-0.3, -0.25) is 4.79 Å². The van der Waals surface area contributed by atoms with Gasteiger partial charge in [0.05, 0.1) is 18.4 Å². The van der Waals surface area contributed by atoms with Gasteiger partial charge in [-0.1, -0.05) is 0 Å². The number of carbonyl (C=O) groups is 1. The lowest BCUT2D eigenvalue weighted by Gasteiger charge is -2.05. The predicted molar refractivity (Wildman–Crippen MR) is 42.8 cm³/mol. The van der Waals surface area contributed by atoms with Crippen LogP contribution in [0, 0.1) is 5.82 Å². The topological polar surface area (TPSA) is 52.3 Å². The Morgan fingerprint density at radius 2 is 2.25 bits per heavy atom. The second-order valence-electron chi connectivity index (χ2n) is 2.19. The Hall–Kier alpha value is -1.58. The van der Waals surface area contributed by atoms with Crippen molar-refractivity contribution in [3.05, 3.63) is 23.5 Å². The maximum absolute atomic E-state index is 12.8. The smallest absolute Gasteiger partial charge is 0.155 e. The number of rotatable bonds is 2. The zero-order valence-electron chi connectivity index (χ0n) is 6.50. The molecule has 0 aromatic heterocycles. The highest BCUT2D eigenvalue weighted by molar-refractivity contribution is 5.86. The van der Waals surface area contributed by atoms with Crippen LogP contribution >= 0.6 is 0 Å². The first kappa shape index (κ1) is 8.52. The van der Waals surface area contributed by atoms with E-state index >= 15 is 0 Å². The van der Waals surface area contributed by atoms with E-state index in [9.17, 15) is 9.18 Å². The molecule has 4 heteroatoms. The number of halogens is 1. The van der Waals surface area contributed by atoms with Crippen LogP contribution in [0.15, 0.2) is 12.1 Å². The van der Waals surface area contributed by atoms with E-state index in [1.807, 2.05) is 0 Å². The fourth-order valence-electron chi connectivity index (χ4n) is 0.888. The van der Waals surface area contributed by atoms with Gasteiger partial charge in [-0.25, -0.2) is 4.39 Å². The third-order valence-corrected chi connectivity index (χ3v) is 1.53. The minimum Gasteiger partial charge on any atom is -0.495 e. The van der Waals surface area contributed by atoms with E-state index in [1.54, 1.807) is 0 Å². The Labute approximate surface area is 68.9 Å². The van der Waals surface area contributed by atoms with Crippen LogP contribution in [0.25, 0.3) is 0 Å². The minimum atomic E-state index is -0.636. The Morgan fingerprint density at radius 1 is 1.58 bits per heavy atom. The molecule has 0 amide bonds. The number of benzene rings is 1. The molecule has 1 aromatic rings. The summed E-state index contributed by atoms with van der Waals surface area (Å²) < 4.78 is 17.6. The number of hydrogen-bond acceptors (Lipinski definition) is 3. The van der Waals surface area contributed by atoms with Gasteiger partial charge in [-0.2, -0.15) is 0 Å². The van der Waals surface area contributed by atoms with Crippen LogP contribution in [0.1, 0.15) is 10.4 Å². The van der Waals surface area contributed by atoms with Crippen LogP contribution in [0.5, 0.6) is 5.75 Å². The summed E-state index contributed by atoms with van der Waals surface area (Å²) in [6, 6.07) is 2.51. The predicted octanol–water partition coefficient (Wildman–Crippen LogP) is 1.23. The lowest BCUT2D eigenvalue weighted by molar-refractivity contribution is 0.112. The maximum Gasteiger partial charge on any atom is 0.155 e. The first-order chi connectivity index (χ1) is 5.70. The number of nitrogens with two attached hydrogens (primary N) is 1. The van der Waals surface area contributed by atoms with Gasteiger partial charge in [0.25, 0.3) is 0 Å². The monoisotopic (exact) mass is 169 g/mol. The highest BCUT2D eigenvalue weighted by Crippen LogP contribution is 2.25. The van der Waals surface area contributed by atoms with Gasteiger partial charge in [0, 0.05) is 0 Å². The molecule has 0 unspecified atom stereocenters. The third kappa shape index (κ3) is 1.23. The quantitative estimate of drug-likeness (QED) is 0.535. The number of anilines is 1.